The number of pyridine rings is 1. The van der Waals surface area contributed by atoms with Crippen molar-refractivity contribution in [3.63, 3.8) is 0 Å². The van der Waals surface area contributed by atoms with Crippen molar-refractivity contribution in [3.8, 4) is 0 Å². The van der Waals surface area contributed by atoms with E-state index in [-0.39, 0.29) is 29.4 Å². The molecule has 0 saturated carbocycles. The Morgan fingerprint density at radius 2 is 1.78 bits per heavy atom. The average molecular weight is 466 g/mol. The van der Waals surface area contributed by atoms with Crippen LogP contribution in [0, 0.1) is 6.92 Å². The number of carbonyl (C=O) groups excluding carboxylic acids is 1. The number of sulfone groups is 1. The van der Waals surface area contributed by atoms with Crippen LogP contribution < -0.4 is 4.90 Å². The Morgan fingerprint density at radius 1 is 1.03 bits per heavy atom. The van der Waals surface area contributed by atoms with E-state index in [0.717, 1.165) is 21.3 Å². The van der Waals surface area contributed by atoms with Gasteiger partial charge in [0.2, 0.25) is 5.91 Å². The molecule has 0 atom stereocenters. The maximum atomic E-state index is 13.2. The van der Waals surface area contributed by atoms with Gasteiger partial charge in [-0.2, -0.15) is 0 Å². The summed E-state index contributed by atoms with van der Waals surface area (Å²) in [6.45, 7) is 2.37. The predicted octanol–water partition coefficient (Wildman–Crippen LogP) is 4.79. The zero-order chi connectivity index (χ0) is 22.6. The van der Waals surface area contributed by atoms with Crippen molar-refractivity contribution < 1.29 is 13.2 Å². The lowest BCUT2D eigenvalue weighted by molar-refractivity contribution is -0.118. The second-order valence-electron chi connectivity index (χ2n) is 7.54. The van der Waals surface area contributed by atoms with Gasteiger partial charge in [-0.3, -0.25) is 14.7 Å². The first kappa shape index (κ1) is 22.1. The third-order valence-corrected chi connectivity index (χ3v) is 7.92. The average Bonchev–Trinajstić information content (AvgIpc) is 3.21. The molecule has 1 amide bonds. The number of benzene rings is 2. The van der Waals surface area contributed by atoms with E-state index < -0.39 is 9.84 Å². The number of hydrogen-bond donors (Lipinski definition) is 0. The molecule has 0 bridgehead atoms. The van der Waals surface area contributed by atoms with Crippen LogP contribution in [0.15, 0.2) is 78.0 Å². The van der Waals surface area contributed by atoms with Gasteiger partial charge in [0.1, 0.15) is 0 Å². The minimum Gasteiger partial charge on any atom is -0.284 e. The van der Waals surface area contributed by atoms with Gasteiger partial charge < -0.3 is 0 Å². The first-order valence-corrected chi connectivity index (χ1v) is 12.7. The highest BCUT2D eigenvalue weighted by molar-refractivity contribution is 7.91. The Balaban J connectivity index is 1.53. The van der Waals surface area contributed by atoms with E-state index >= 15 is 0 Å². The molecule has 4 rings (SSSR count). The van der Waals surface area contributed by atoms with Crippen LogP contribution in [0.5, 0.6) is 0 Å². The summed E-state index contributed by atoms with van der Waals surface area (Å²) >= 11 is 1.46. The normalized spacial score (nSPS) is 11.5. The zero-order valence-corrected chi connectivity index (χ0v) is 19.3. The predicted molar refractivity (Wildman–Crippen MR) is 128 cm³/mol. The van der Waals surface area contributed by atoms with Crippen molar-refractivity contribution >= 4 is 42.4 Å². The molecule has 2 aromatic carbocycles. The van der Waals surface area contributed by atoms with Crippen LogP contribution in [0.2, 0.25) is 0 Å². The van der Waals surface area contributed by atoms with Gasteiger partial charge in [-0.05, 0) is 60.9 Å². The third kappa shape index (κ3) is 5.20. The molecule has 2 aromatic heterocycles. The molecule has 0 aliphatic heterocycles. The second kappa shape index (κ2) is 9.58. The van der Waals surface area contributed by atoms with Gasteiger partial charge in [0.05, 0.1) is 27.4 Å². The van der Waals surface area contributed by atoms with Crippen LogP contribution in [0.25, 0.3) is 10.2 Å². The first-order valence-electron chi connectivity index (χ1n) is 10.3. The summed E-state index contributed by atoms with van der Waals surface area (Å²) in [5, 5.41) is 0.610. The molecular formula is C24H23N3O3S2. The number of rotatable bonds is 8. The number of aryl methyl sites for hydroxylation is 1. The first-order chi connectivity index (χ1) is 15.4. The fourth-order valence-electron chi connectivity index (χ4n) is 3.36. The minimum atomic E-state index is -3.42. The molecule has 8 heteroatoms. The van der Waals surface area contributed by atoms with Crippen LogP contribution in [0.4, 0.5) is 5.13 Å². The Labute approximate surface area is 191 Å². The van der Waals surface area contributed by atoms with Gasteiger partial charge in [-0.25, -0.2) is 13.4 Å². The van der Waals surface area contributed by atoms with Crippen molar-refractivity contribution in [2.75, 3.05) is 10.7 Å². The molecule has 0 aliphatic rings. The Morgan fingerprint density at radius 3 is 2.53 bits per heavy atom. The van der Waals surface area contributed by atoms with E-state index in [4.69, 9.17) is 0 Å². The van der Waals surface area contributed by atoms with E-state index in [1.807, 2.05) is 31.2 Å². The minimum absolute atomic E-state index is 0.0785. The summed E-state index contributed by atoms with van der Waals surface area (Å²) in [5.74, 6) is -0.230. The Hall–Kier alpha value is -3.10. The third-order valence-electron chi connectivity index (χ3n) is 5.06. The fourth-order valence-corrected chi connectivity index (χ4v) is 5.77. The molecular weight excluding hydrogens is 442 g/mol. The van der Waals surface area contributed by atoms with Gasteiger partial charge in [0.25, 0.3) is 0 Å². The van der Waals surface area contributed by atoms with Crippen molar-refractivity contribution in [2.24, 2.45) is 0 Å². The van der Waals surface area contributed by atoms with Gasteiger partial charge in [-0.1, -0.05) is 35.6 Å². The van der Waals surface area contributed by atoms with Gasteiger partial charge in [0, 0.05) is 18.8 Å². The maximum Gasteiger partial charge on any atom is 0.229 e. The Bertz CT molecular complexity index is 1320. The SMILES string of the molecule is Cc1ccc2nc(N(Cc3ccncc3)C(=O)CCCS(=O)(=O)c3ccccc3)sc2c1. The summed E-state index contributed by atoms with van der Waals surface area (Å²) in [5.41, 5.74) is 2.90. The standard InChI is InChI=1S/C24H23N3O3S2/c1-18-9-10-21-22(16-18)31-24(26-21)27(17-19-11-13-25-14-12-19)23(28)8-5-15-32(29,30)20-6-3-2-4-7-20/h2-4,6-7,9-14,16H,5,8,15,17H2,1H3. The summed E-state index contributed by atoms with van der Waals surface area (Å²) in [7, 11) is -3.42. The lowest BCUT2D eigenvalue weighted by atomic mass is 10.2. The smallest absolute Gasteiger partial charge is 0.229 e. The molecule has 0 fully saturated rings. The lowest BCUT2D eigenvalue weighted by Crippen LogP contribution is -2.30. The highest BCUT2D eigenvalue weighted by Gasteiger charge is 2.22. The number of amides is 1. The largest absolute Gasteiger partial charge is 0.284 e. The van der Waals surface area contributed by atoms with Crippen LogP contribution in [0.1, 0.15) is 24.0 Å². The summed E-state index contributed by atoms with van der Waals surface area (Å²) in [4.78, 5) is 23.8. The lowest BCUT2D eigenvalue weighted by Gasteiger charge is -2.20. The zero-order valence-electron chi connectivity index (χ0n) is 17.6. The molecule has 0 saturated heterocycles. The second-order valence-corrected chi connectivity index (χ2v) is 10.7. The number of anilines is 1. The number of carbonyl (C=O) groups is 1. The van der Waals surface area contributed by atoms with Gasteiger partial charge in [-0.15, -0.1) is 0 Å². The summed E-state index contributed by atoms with van der Waals surface area (Å²) < 4.78 is 26.1. The number of fused-ring (bicyclic) bond motifs is 1. The molecule has 4 aromatic rings. The molecule has 0 radical (unpaired) electrons. The van der Waals surface area contributed by atoms with Crippen molar-refractivity contribution in [3.05, 3.63) is 84.2 Å². The summed E-state index contributed by atoms with van der Waals surface area (Å²) in [6.07, 6.45) is 3.73. The van der Waals surface area contributed by atoms with E-state index in [0.29, 0.717) is 11.7 Å². The van der Waals surface area contributed by atoms with Crippen LogP contribution in [0.3, 0.4) is 0 Å². The van der Waals surface area contributed by atoms with Crippen molar-refractivity contribution in [2.45, 2.75) is 31.2 Å². The number of hydrogen-bond acceptors (Lipinski definition) is 6. The van der Waals surface area contributed by atoms with E-state index in [1.54, 1.807) is 47.6 Å². The van der Waals surface area contributed by atoms with Crippen molar-refractivity contribution in [1.82, 2.24) is 9.97 Å². The van der Waals surface area contributed by atoms with Crippen LogP contribution >= 0.6 is 11.3 Å². The molecule has 6 nitrogen and oxygen atoms in total. The number of aromatic nitrogens is 2. The highest BCUT2D eigenvalue weighted by Crippen LogP contribution is 2.31. The van der Waals surface area contributed by atoms with Crippen LogP contribution in [-0.2, 0) is 21.2 Å². The highest BCUT2D eigenvalue weighted by atomic mass is 32.2. The van der Waals surface area contributed by atoms with Crippen LogP contribution in [-0.4, -0.2) is 30.0 Å². The Kier molecular flexibility index (Phi) is 6.62. The molecule has 0 N–H and O–H groups in total. The maximum absolute atomic E-state index is 13.2. The van der Waals surface area contributed by atoms with E-state index in [9.17, 15) is 13.2 Å². The molecule has 0 spiro atoms. The molecule has 32 heavy (non-hydrogen) atoms. The molecule has 0 unspecified atom stereocenters. The van der Waals surface area contributed by atoms with Gasteiger partial charge in [0.15, 0.2) is 15.0 Å². The number of nitrogens with zero attached hydrogens (tertiary/aromatic N) is 3. The number of thiazole rings is 1. The monoisotopic (exact) mass is 465 g/mol. The molecule has 2 heterocycles. The topological polar surface area (TPSA) is 80.2 Å². The van der Waals surface area contributed by atoms with Gasteiger partial charge >= 0.3 is 0 Å². The van der Waals surface area contributed by atoms with E-state index in [2.05, 4.69) is 16.0 Å². The van der Waals surface area contributed by atoms with E-state index in [1.165, 1.54) is 11.3 Å². The van der Waals surface area contributed by atoms with Crippen molar-refractivity contribution in [1.29, 1.82) is 0 Å². The molecule has 164 valence electrons. The molecule has 0 aliphatic carbocycles. The quantitative estimate of drug-likeness (QED) is 0.374. The fraction of sp³-hybridized carbons (Fsp3) is 0.208. The summed E-state index contributed by atoms with van der Waals surface area (Å²) in [6, 6.07) is 18.0.